The quantitative estimate of drug-likeness (QED) is 0.145. The number of nitriles is 1. The highest BCUT2D eigenvalue weighted by molar-refractivity contribution is 6.13. The molecule has 0 bridgehead atoms. The van der Waals surface area contributed by atoms with Crippen LogP contribution in [0.4, 0.5) is 0 Å². The summed E-state index contributed by atoms with van der Waals surface area (Å²) in [6.45, 7) is 2.03. The van der Waals surface area contributed by atoms with Crippen LogP contribution in [0.1, 0.15) is 11.3 Å². The summed E-state index contributed by atoms with van der Waals surface area (Å²) in [6, 6.07) is 100. The van der Waals surface area contributed by atoms with Gasteiger partial charge in [0.05, 0.1) is 39.4 Å². The molecule has 0 spiro atoms. The minimum atomic E-state index is 0.595. The standard InChI is InChI=1S/C73H48N4/c1-48-15-14-24-67(75-48)62-38-29-59(47-74)72(53-25-34-60(35-26-53)76-68-39-30-55(49-16-6-2-7-17-49)43-63(68)64-44-56(31-40-69(64)76)50-18-8-3-9-19-50)73(62)54-27-36-61(37-28-54)77-70-41-32-57(51-20-10-4-11-21-51)45-65(70)66-46-58(33-42-71(66)77)52-22-12-5-13-23-52/h2-46H,1H3. The van der Waals surface area contributed by atoms with E-state index in [0.29, 0.717) is 5.56 Å². The third-order valence-corrected chi connectivity index (χ3v) is 15.3. The van der Waals surface area contributed by atoms with Crippen LogP contribution in [-0.2, 0) is 0 Å². The van der Waals surface area contributed by atoms with Gasteiger partial charge in [-0.25, -0.2) is 0 Å². The molecule has 3 aromatic heterocycles. The number of benzene rings is 11. The second kappa shape index (κ2) is 18.9. The predicted molar refractivity (Wildman–Crippen MR) is 320 cm³/mol. The van der Waals surface area contributed by atoms with E-state index in [1.807, 2.05) is 19.1 Å². The second-order valence-corrected chi connectivity index (χ2v) is 19.8. The molecule has 360 valence electrons. The Morgan fingerprint density at radius 3 is 1.01 bits per heavy atom. The molecule has 0 saturated carbocycles. The Labute approximate surface area is 447 Å². The zero-order valence-corrected chi connectivity index (χ0v) is 42.3. The Hall–Kier alpha value is -10.3. The first-order valence-electron chi connectivity index (χ1n) is 26.2. The lowest BCUT2D eigenvalue weighted by Gasteiger charge is -2.19. The highest BCUT2D eigenvalue weighted by atomic mass is 15.0. The lowest BCUT2D eigenvalue weighted by Crippen LogP contribution is -1.98. The van der Waals surface area contributed by atoms with E-state index in [1.54, 1.807) is 0 Å². The van der Waals surface area contributed by atoms with Crippen molar-refractivity contribution >= 4 is 43.6 Å². The number of nitrogens with zero attached hydrogens (tertiary/aromatic N) is 4. The van der Waals surface area contributed by atoms with Crippen LogP contribution >= 0.6 is 0 Å². The average molecular weight is 981 g/mol. The van der Waals surface area contributed by atoms with E-state index in [4.69, 9.17) is 4.98 Å². The molecule has 0 saturated heterocycles. The van der Waals surface area contributed by atoms with Crippen molar-refractivity contribution in [1.29, 1.82) is 5.26 Å². The van der Waals surface area contributed by atoms with E-state index in [-0.39, 0.29) is 0 Å². The summed E-state index contributed by atoms with van der Waals surface area (Å²) in [5, 5.41) is 15.8. The first-order valence-corrected chi connectivity index (χ1v) is 26.2. The Morgan fingerprint density at radius 1 is 0.312 bits per heavy atom. The average Bonchev–Trinajstić information content (AvgIpc) is 4.15. The molecule has 11 aromatic carbocycles. The van der Waals surface area contributed by atoms with Crippen molar-refractivity contribution in [2.75, 3.05) is 0 Å². The van der Waals surface area contributed by atoms with Crippen molar-refractivity contribution < 1.29 is 0 Å². The fourth-order valence-corrected chi connectivity index (χ4v) is 11.6. The van der Waals surface area contributed by atoms with Gasteiger partial charge in [-0.05, 0) is 154 Å². The van der Waals surface area contributed by atoms with Crippen LogP contribution in [0, 0.1) is 18.3 Å². The van der Waals surface area contributed by atoms with E-state index in [0.717, 1.165) is 72.6 Å². The number of fused-ring (bicyclic) bond motifs is 6. The van der Waals surface area contributed by atoms with Gasteiger partial charge >= 0.3 is 0 Å². The third kappa shape index (κ3) is 7.98. The smallest absolute Gasteiger partial charge is 0.0998 e. The monoisotopic (exact) mass is 980 g/mol. The Balaban J connectivity index is 0.917. The Kier molecular flexibility index (Phi) is 11.1. The van der Waals surface area contributed by atoms with Crippen LogP contribution in [0.3, 0.4) is 0 Å². The summed E-state index contributed by atoms with van der Waals surface area (Å²) < 4.78 is 4.75. The molecular formula is C73H48N4. The lowest BCUT2D eigenvalue weighted by molar-refractivity contribution is 1.18. The van der Waals surface area contributed by atoms with Crippen LogP contribution in [0.15, 0.2) is 273 Å². The van der Waals surface area contributed by atoms with Gasteiger partial charge in [-0.1, -0.05) is 182 Å². The van der Waals surface area contributed by atoms with Crippen LogP contribution in [0.5, 0.6) is 0 Å². The normalized spacial score (nSPS) is 11.4. The Bertz CT molecular complexity index is 4390. The van der Waals surface area contributed by atoms with E-state index in [1.165, 1.54) is 66.1 Å². The van der Waals surface area contributed by atoms with Crippen LogP contribution in [-0.4, -0.2) is 14.1 Å². The number of hydrogen-bond donors (Lipinski definition) is 0. The molecule has 0 fully saturated rings. The summed E-state index contributed by atoms with van der Waals surface area (Å²) in [4.78, 5) is 5.07. The first kappa shape index (κ1) is 45.3. The number of hydrogen-bond acceptors (Lipinski definition) is 2. The molecule has 4 nitrogen and oxygen atoms in total. The van der Waals surface area contributed by atoms with Crippen molar-refractivity contribution in [2.24, 2.45) is 0 Å². The molecule has 0 aliphatic rings. The van der Waals surface area contributed by atoms with Crippen LogP contribution < -0.4 is 0 Å². The van der Waals surface area contributed by atoms with Crippen LogP contribution in [0.25, 0.3) is 133 Å². The van der Waals surface area contributed by atoms with Gasteiger partial charge < -0.3 is 9.13 Å². The predicted octanol–water partition coefficient (Wildman–Crippen LogP) is 19.1. The summed E-state index contributed by atoms with van der Waals surface area (Å²) >= 11 is 0. The van der Waals surface area contributed by atoms with Gasteiger partial charge in [-0.2, -0.15) is 5.26 Å². The maximum Gasteiger partial charge on any atom is 0.0998 e. The highest BCUT2D eigenvalue weighted by Crippen LogP contribution is 2.45. The molecule has 0 N–H and O–H groups in total. The molecule has 77 heavy (non-hydrogen) atoms. The molecule has 14 aromatic rings. The minimum absolute atomic E-state index is 0.595. The largest absolute Gasteiger partial charge is 0.309 e. The van der Waals surface area contributed by atoms with E-state index in [2.05, 4.69) is 276 Å². The van der Waals surface area contributed by atoms with Gasteiger partial charge in [0.15, 0.2) is 0 Å². The maximum atomic E-state index is 11.0. The summed E-state index contributed by atoms with van der Waals surface area (Å²) in [5.41, 5.74) is 23.1. The number of pyridine rings is 1. The molecule has 4 heteroatoms. The van der Waals surface area contributed by atoms with Gasteiger partial charge in [-0.15, -0.1) is 0 Å². The fraction of sp³-hybridized carbons (Fsp3) is 0.0137. The number of aryl methyl sites for hydroxylation is 1. The summed E-state index contributed by atoms with van der Waals surface area (Å²) in [7, 11) is 0. The van der Waals surface area contributed by atoms with Crippen molar-refractivity contribution in [3.8, 4) is 95.5 Å². The van der Waals surface area contributed by atoms with Gasteiger partial charge in [-0.3, -0.25) is 4.98 Å². The van der Waals surface area contributed by atoms with Gasteiger partial charge in [0, 0.05) is 55.3 Å². The maximum absolute atomic E-state index is 11.0. The molecular weight excluding hydrogens is 933 g/mol. The zero-order chi connectivity index (χ0) is 51.4. The third-order valence-electron chi connectivity index (χ3n) is 15.3. The summed E-state index contributed by atoms with van der Waals surface area (Å²) in [6.07, 6.45) is 0. The number of rotatable bonds is 9. The highest BCUT2D eigenvalue weighted by Gasteiger charge is 2.22. The van der Waals surface area contributed by atoms with E-state index < -0.39 is 0 Å². The SMILES string of the molecule is Cc1cccc(-c2ccc(C#N)c(-c3ccc(-n4c5ccc(-c6ccccc6)cc5c5cc(-c6ccccc6)ccc54)cc3)c2-c2ccc(-n3c4ccc(-c5ccccc5)cc4c4cc(-c5ccccc5)ccc43)cc2)n1. The first-order chi connectivity index (χ1) is 38.0. The fourth-order valence-electron chi connectivity index (χ4n) is 11.6. The van der Waals surface area contributed by atoms with E-state index >= 15 is 0 Å². The molecule has 0 atom stereocenters. The summed E-state index contributed by atoms with van der Waals surface area (Å²) in [5.74, 6) is 0. The topological polar surface area (TPSA) is 46.5 Å². The minimum Gasteiger partial charge on any atom is -0.309 e. The molecule has 0 aliphatic carbocycles. The molecule has 14 rings (SSSR count). The lowest BCUT2D eigenvalue weighted by atomic mass is 9.86. The van der Waals surface area contributed by atoms with Gasteiger partial charge in [0.25, 0.3) is 0 Å². The Morgan fingerprint density at radius 2 is 0.662 bits per heavy atom. The zero-order valence-electron chi connectivity index (χ0n) is 42.3. The molecule has 0 radical (unpaired) electrons. The van der Waals surface area contributed by atoms with E-state index in [9.17, 15) is 5.26 Å². The van der Waals surface area contributed by atoms with Gasteiger partial charge in [0.1, 0.15) is 0 Å². The molecule has 0 amide bonds. The van der Waals surface area contributed by atoms with Crippen molar-refractivity contribution in [1.82, 2.24) is 14.1 Å². The van der Waals surface area contributed by atoms with Crippen molar-refractivity contribution in [3.05, 3.63) is 284 Å². The second-order valence-electron chi connectivity index (χ2n) is 19.8. The van der Waals surface area contributed by atoms with Crippen molar-refractivity contribution in [3.63, 3.8) is 0 Å². The molecule has 0 unspecified atom stereocenters. The van der Waals surface area contributed by atoms with Crippen molar-refractivity contribution in [2.45, 2.75) is 6.92 Å². The van der Waals surface area contributed by atoms with Crippen LogP contribution in [0.2, 0.25) is 0 Å². The number of aromatic nitrogens is 3. The molecule has 3 heterocycles. The van der Waals surface area contributed by atoms with Gasteiger partial charge in [0.2, 0.25) is 0 Å². The molecule has 0 aliphatic heterocycles.